The fourth-order valence-corrected chi connectivity index (χ4v) is 4.15. The molecule has 150 valence electrons. The van der Waals surface area contributed by atoms with Crippen molar-refractivity contribution in [3.63, 3.8) is 0 Å². The van der Waals surface area contributed by atoms with Crippen LogP contribution >= 0.6 is 11.8 Å². The maximum atomic E-state index is 12.5. The van der Waals surface area contributed by atoms with Gasteiger partial charge in [-0.15, -0.1) is 0 Å². The zero-order valence-corrected chi connectivity index (χ0v) is 17.6. The van der Waals surface area contributed by atoms with Crippen molar-refractivity contribution >= 4 is 23.4 Å². The predicted molar refractivity (Wildman–Crippen MR) is 114 cm³/mol. The summed E-state index contributed by atoms with van der Waals surface area (Å²) in [6.07, 6.45) is 1.85. The number of benzene rings is 1. The van der Waals surface area contributed by atoms with Gasteiger partial charge in [-0.05, 0) is 30.5 Å². The normalized spacial score (nSPS) is 14.1. The van der Waals surface area contributed by atoms with E-state index in [1.165, 1.54) is 11.8 Å². The number of aromatic nitrogens is 2. The minimum atomic E-state index is -0.104. The van der Waals surface area contributed by atoms with E-state index in [1.54, 1.807) is 0 Å². The Hall–Kier alpha value is -2.12. The molecular weight excluding hydrogens is 372 g/mol. The van der Waals surface area contributed by atoms with Gasteiger partial charge in [0.1, 0.15) is 0 Å². The summed E-state index contributed by atoms with van der Waals surface area (Å²) in [6, 6.07) is 7.83. The van der Waals surface area contributed by atoms with E-state index in [-0.39, 0.29) is 17.2 Å². The minimum absolute atomic E-state index is 0.0844. The van der Waals surface area contributed by atoms with E-state index in [2.05, 4.69) is 41.0 Å². The average Bonchev–Trinajstić information content (AvgIpc) is 2.67. The van der Waals surface area contributed by atoms with Crippen LogP contribution < -0.4 is 10.9 Å². The smallest absolute Gasteiger partial charge is 0.256 e. The van der Waals surface area contributed by atoms with Crippen molar-refractivity contribution in [2.75, 3.05) is 24.2 Å². The third kappa shape index (κ3) is 5.02. The van der Waals surface area contributed by atoms with Crippen LogP contribution in [-0.2, 0) is 17.8 Å². The first kappa shape index (κ1) is 20.6. The number of carbonyl (C=O) groups is 1. The Bertz CT molecular complexity index is 894. The van der Waals surface area contributed by atoms with Gasteiger partial charge in [-0.3, -0.25) is 14.5 Å². The van der Waals surface area contributed by atoms with Crippen LogP contribution in [0.4, 0.5) is 5.69 Å². The molecule has 0 aliphatic carbocycles. The summed E-state index contributed by atoms with van der Waals surface area (Å²) < 4.78 is 0. The van der Waals surface area contributed by atoms with Crippen molar-refractivity contribution in [1.29, 1.82) is 0 Å². The number of hydrogen-bond acceptors (Lipinski definition) is 5. The van der Waals surface area contributed by atoms with Gasteiger partial charge in [-0.25, -0.2) is 4.98 Å². The molecule has 3 rings (SSSR count). The fourth-order valence-electron chi connectivity index (χ4n) is 3.47. The van der Waals surface area contributed by atoms with Gasteiger partial charge in [-0.2, -0.15) is 0 Å². The van der Waals surface area contributed by atoms with Gasteiger partial charge in [0.25, 0.3) is 5.56 Å². The van der Waals surface area contributed by atoms with Crippen molar-refractivity contribution in [2.24, 2.45) is 0 Å². The summed E-state index contributed by atoms with van der Waals surface area (Å²) in [5, 5.41) is 3.49. The monoisotopic (exact) mass is 400 g/mol. The SMILES string of the molecule is CCCN1CCc2nc(SCC(=O)Nc3ccccc3C(C)C)[nH]c(=O)c2C1. The zero-order valence-electron chi connectivity index (χ0n) is 16.7. The van der Waals surface area contributed by atoms with E-state index >= 15 is 0 Å². The second-order valence-corrected chi connectivity index (χ2v) is 8.37. The lowest BCUT2D eigenvalue weighted by Gasteiger charge is -2.27. The van der Waals surface area contributed by atoms with Crippen molar-refractivity contribution in [1.82, 2.24) is 14.9 Å². The van der Waals surface area contributed by atoms with E-state index in [4.69, 9.17) is 0 Å². The summed E-state index contributed by atoms with van der Waals surface area (Å²) in [6.45, 7) is 8.92. The van der Waals surface area contributed by atoms with Crippen LogP contribution in [0.25, 0.3) is 0 Å². The Morgan fingerprint density at radius 3 is 2.89 bits per heavy atom. The predicted octanol–water partition coefficient (Wildman–Crippen LogP) is 3.39. The number of thioether (sulfide) groups is 1. The number of amides is 1. The van der Waals surface area contributed by atoms with Crippen molar-refractivity contribution < 1.29 is 4.79 Å². The second kappa shape index (κ2) is 9.39. The molecule has 2 N–H and O–H groups in total. The molecule has 0 unspecified atom stereocenters. The highest BCUT2D eigenvalue weighted by Gasteiger charge is 2.21. The zero-order chi connectivity index (χ0) is 20.1. The number of fused-ring (bicyclic) bond motifs is 1. The van der Waals surface area contributed by atoms with Crippen LogP contribution in [0.3, 0.4) is 0 Å². The first-order chi connectivity index (χ1) is 13.5. The number of nitrogens with zero attached hydrogens (tertiary/aromatic N) is 2. The Labute approximate surface area is 170 Å². The third-order valence-electron chi connectivity index (χ3n) is 4.86. The summed E-state index contributed by atoms with van der Waals surface area (Å²) in [4.78, 5) is 34.6. The quantitative estimate of drug-likeness (QED) is 0.550. The molecular formula is C21H28N4O2S. The van der Waals surface area contributed by atoms with Gasteiger partial charge in [0.15, 0.2) is 5.16 Å². The molecule has 2 aromatic rings. The molecule has 1 aliphatic rings. The number of para-hydroxylation sites is 1. The molecule has 2 heterocycles. The van der Waals surface area contributed by atoms with E-state index < -0.39 is 0 Å². The van der Waals surface area contributed by atoms with Crippen molar-refractivity contribution in [3.05, 3.63) is 51.4 Å². The number of anilines is 1. The van der Waals surface area contributed by atoms with Gasteiger partial charge in [-0.1, -0.05) is 50.7 Å². The second-order valence-electron chi connectivity index (χ2n) is 7.40. The number of H-pyrrole nitrogens is 1. The highest BCUT2D eigenvalue weighted by Crippen LogP contribution is 2.24. The molecule has 0 fully saturated rings. The summed E-state index contributed by atoms with van der Waals surface area (Å²) in [5.41, 5.74) is 3.49. The molecule has 6 nitrogen and oxygen atoms in total. The van der Waals surface area contributed by atoms with Crippen LogP contribution in [0.5, 0.6) is 0 Å². The molecule has 1 aromatic carbocycles. The molecule has 0 radical (unpaired) electrons. The molecule has 0 saturated heterocycles. The lowest BCUT2D eigenvalue weighted by Crippen LogP contribution is -2.36. The van der Waals surface area contributed by atoms with Crippen LogP contribution in [0.2, 0.25) is 0 Å². The molecule has 0 bridgehead atoms. The lowest BCUT2D eigenvalue weighted by molar-refractivity contribution is -0.113. The summed E-state index contributed by atoms with van der Waals surface area (Å²) >= 11 is 1.27. The van der Waals surface area contributed by atoms with Gasteiger partial charge in [0.2, 0.25) is 5.91 Å². The third-order valence-corrected chi connectivity index (χ3v) is 5.74. The highest BCUT2D eigenvalue weighted by atomic mass is 32.2. The van der Waals surface area contributed by atoms with E-state index in [9.17, 15) is 9.59 Å². The first-order valence-corrected chi connectivity index (χ1v) is 10.8. The Kier molecular flexibility index (Phi) is 6.91. The standard InChI is InChI=1S/C21H28N4O2S/c1-4-10-25-11-9-18-16(12-25)20(27)24-21(23-18)28-13-19(26)22-17-8-6-5-7-15(17)14(2)3/h5-8,14H,4,9-13H2,1-3H3,(H,22,26)(H,23,24,27). The Morgan fingerprint density at radius 1 is 1.36 bits per heavy atom. The number of carbonyl (C=O) groups excluding carboxylic acids is 1. The fraction of sp³-hybridized carbons (Fsp3) is 0.476. The van der Waals surface area contributed by atoms with Crippen LogP contribution in [0, 0.1) is 0 Å². The molecule has 1 amide bonds. The number of rotatable bonds is 7. The average molecular weight is 401 g/mol. The van der Waals surface area contributed by atoms with Gasteiger partial charge in [0.05, 0.1) is 17.0 Å². The number of nitrogens with one attached hydrogen (secondary N) is 2. The Morgan fingerprint density at radius 2 is 2.14 bits per heavy atom. The maximum absolute atomic E-state index is 12.5. The van der Waals surface area contributed by atoms with Crippen LogP contribution in [-0.4, -0.2) is 39.6 Å². The first-order valence-electron chi connectivity index (χ1n) is 9.84. The molecule has 1 aromatic heterocycles. The minimum Gasteiger partial charge on any atom is -0.325 e. The summed E-state index contributed by atoms with van der Waals surface area (Å²) in [7, 11) is 0. The number of aromatic amines is 1. The van der Waals surface area contributed by atoms with E-state index in [0.29, 0.717) is 17.6 Å². The van der Waals surface area contributed by atoms with Crippen LogP contribution in [0.1, 0.15) is 49.9 Å². The molecule has 28 heavy (non-hydrogen) atoms. The molecule has 7 heteroatoms. The molecule has 0 atom stereocenters. The maximum Gasteiger partial charge on any atom is 0.256 e. The lowest BCUT2D eigenvalue weighted by atomic mass is 10.0. The topological polar surface area (TPSA) is 78.1 Å². The molecule has 0 saturated carbocycles. The van der Waals surface area contributed by atoms with Crippen LogP contribution in [0.15, 0.2) is 34.2 Å². The highest BCUT2D eigenvalue weighted by molar-refractivity contribution is 7.99. The molecule has 1 aliphatic heterocycles. The van der Waals surface area contributed by atoms with Gasteiger partial charge < -0.3 is 10.3 Å². The number of hydrogen-bond donors (Lipinski definition) is 2. The van der Waals surface area contributed by atoms with E-state index in [0.717, 1.165) is 48.4 Å². The Balaban J connectivity index is 1.63. The van der Waals surface area contributed by atoms with Crippen molar-refractivity contribution in [3.8, 4) is 0 Å². The largest absolute Gasteiger partial charge is 0.325 e. The van der Waals surface area contributed by atoms with Crippen molar-refractivity contribution in [2.45, 2.75) is 51.2 Å². The van der Waals surface area contributed by atoms with Gasteiger partial charge in [0, 0.05) is 25.2 Å². The molecule has 0 spiro atoms. The summed E-state index contributed by atoms with van der Waals surface area (Å²) in [5.74, 6) is 0.429. The van der Waals surface area contributed by atoms with E-state index in [1.807, 2.05) is 24.3 Å². The van der Waals surface area contributed by atoms with Gasteiger partial charge >= 0.3 is 0 Å².